The van der Waals surface area contributed by atoms with Crippen molar-refractivity contribution in [3.8, 4) is 0 Å². The summed E-state index contributed by atoms with van der Waals surface area (Å²) in [6.45, 7) is 0.622. The van der Waals surface area contributed by atoms with Gasteiger partial charge in [0.2, 0.25) is 0 Å². The molecular weight excluding hydrogens is 403 g/mol. The molecule has 1 nitrogen and oxygen atoms in total. The van der Waals surface area contributed by atoms with Gasteiger partial charge in [0.05, 0.1) is 10.0 Å². The molecule has 2 aromatic carbocycles. The molecule has 0 heterocycles. The maximum absolute atomic E-state index is 6.13. The van der Waals surface area contributed by atoms with Gasteiger partial charge in [-0.3, -0.25) is 0 Å². The van der Waals surface area contributed by atoms with Crippen molar-refractivity contribution in [2.45, 2.75) is 6.54 Å². The maximum atomic E-state index is 6.13. The molecule has 0 radical (unpaired) electrons. The molecule has 2 aromatic rings. The van der Waals surface area contributed by atoms with Crippen LogP contribution >= 0.6 is 57.4 Å². The van der Waals surface area contributed by atoms with Gasteiger partial charge in [0.1, 0.15) is 0 Å². The maximum Gasteiger partial charge on any atom is 0.0642 e. The zero-order valence-corrected chi connectivity index (χ0v) is 13.6. The van der Waals surface area contributed by atoms with E-state index in [9.17, 15) is 0 Å². The molecule has 0 aliphatic heterocycles. The molecule has 2 rings (SSSR count). The Morgan fingerprint density at radius 2 is 1.83 bits per heavy atom. The normalized spacial score (nSPS) is 10.4. The molecule has 0 aliphatic rings. The molecular formula is C13H9Cl3IN. The highest BCUT2D eigenvalue weighted by molar-refractivity contribution is 14.1. The summed E-state index contributed by atoms with van der Waals surface area (Å²) in [7, 11) is 0. The van der Waals surface area contributed by atoms with Gasteiger partial charge in [-0.15, -0.1) is 0 Å². The molecule has 0 spiro atoms. The minimum Gasteiger partial charge on any atom is -0.380 e. The Morgan fingerprint density at radius 1 is 1.06 bits per heavy atom. The highest BCUT2D eigenvalue weighted by Gasteiger charge is 2.05. The van der Waals surface area contributed by atoms with E-state index >= 15 is 0 Å². The van der Waals surface area contributed by atoms with Gasteiger partial charge in [0, 0.05) is 20.8 Å². The first-order valence-electron chi connectivity index (χ1n) is 5.20. The standard InChI is InChI=1S/C13H9Cl3IN/c14-9-4-5-12(11(17)6-9)18-7-8-2-1-3-10(15)13(8)16/h1-6,18H,7H2. The Hall–Kier alpha value is -0.160. The van der Waals surface area contributed by atoms with Gasteiger partial charge >= 0.3 is 0 Å². The average Bonchev–Trinajstić information content (AvgIpc) is 2.33. The van der Waals surface area contributed by atoms with E-state index in [1.807, 2.05) is 30.3 Å². The van der Waals surface area contributed by atoms with Gasteiger partial charge in [0.15, 0.2) is 0 Å². The predicted molar refractivity (Wildman–Crippen MR) is 88.0 cm³/mol. The molecule has 0 amide bonds. The molecule has 0 fully saturated rings. The third-order valence-electron chi connectivity index (χ3n) is 2.43. The summed E-state index contributed by atoms with van der Waals surface area (Å²) < 4.78 is 1.07. The molecule has 0 unspecified atom stereocenters. The fourth-order valence-electron chi connectivity index (χ4n) is 1.51. The predicted octanol–water partition coefficient (Wildman–Crippen LogP) is 5.86. The van der Waals surface area contributed by atoms with Crippen LogP contribution in [0.2, 0.25) is 15.1 Å². The van der Waals surface area contributed by atoms with E-state index in [1.165, 1.54) is 0 Å². The van der Waals surface area contributed by atoms with Gasteiger partial charge in [-0.25, -0.2) is 0 Å². The number of rotatable bonds is 3. The molecule has 1 N–H and O–H groups in total. The lowest BCUT2D eigenvalue weighted by atomic mass is 10.2. The molecule has 0 saturated carbocycles. The van der Waals surface area contributed by atoms with Crippen molar-refractivity contribution in [2.24, 2.45) is 0 Å². The number of anilines is 1. The van der Waals surface area contributed by atoms with Gasteiger partial charge in [-0.2, -0.15) is 0 Å². The van der Waals surface area contributed by atoms with Gasteiger partial charge in [-0.1, -0.05) is 46.9 Å². The Labute approximate surface area is 135 Å². The summed E-state index contributed by atoms with van der Waals surface area (Å²) in [6.07, 6.45) is 0. The highest BCUT2D eigenvalue weighted by Crippen LogP contribution is 2.27. The molecule has 0 aromatic heterocycles. The topological polar surface area (TPSA) is 12.0 Å². The van der Waals surface area contributed by atoms with E-state index in [1.54, 1.807) is 6.07 Å². The van der Waals surface area contributed by atoms with Crippen LogP contribution in [-0.4, -0.2) is 0 Å². The fourth-order valence-corrected chi connectivity index (χ4v) is 2.96. The second-order valence-corrected chi connectivity index (χ2v) is 6.07. The molecule has 5 heteroatoms. The Balaban J connectivity index is 2.14. The summed E-state index contributed by atoms with van der Waals surface area (Å²) in [6, 6.07) is 11.3. The lowest BCUT2D eigenvalue weighted by Gasteiger charge is -2.10. The molecule has 0 atom stereocenters. The van der Waals surface area contributed by atoms with Crippen LogP contribution in [0.5, 0.6) is 0 Å². The van der Waals surface area contributed by atoms with Crippen LogP contribution in [0.15, 0.2) is 36.4 Å². The lowest BCUT2D eigenvalue weighted by Crippen LogP contribution is -2.01. The summed E-state index contributed by atoms with van der Waals surface area (Å²) in [5.74, 6) is 0. The third-order valence-corrected chi connectivity index (χ3v) is 4.42. The minimum absolute atomic E-state index is 0.571. The second kappa shape index (κ2) is 6.33. The first-order chi connectivity index (χ1) is 8.58. The Bertz CT molecular complexity index is 572. The van der Waals surface area contributed by atoms with Crippen LogP contribution in [0.25, 0.3) is 0 Å². The van der Waals surface area contributed by atoms with Crippen LogP contribution in [-0.2, 0) is 6.54 Å². The third kappa shape index (κ3) is 3.44. The van der Waals surface area contributed by atoms with Gasteiger partial charge in [0.25, 0.3) is 0 Å². The van der Waals surface area contributed by atoms with E-state index in [-0.39, 0.29) is 0 Å². The van der Waals surface area contributed by atoms with Crippen molar-refractivity contribution in [3.63, 3.8) is 0 Å². The fraction of sp³-hybridized carbons (Fsp3) is 0.0769. The second-order valence-electron chi connectivity index (χ2n) is 3.69. The number of hydrogen-bond acceptors (Lipinski definition) is 1. The van der Waals surface area contributed by atoms with Crippen molar-refractivity contribution >= 4 is 63.1 Å². The lowest BCUT2D eigenvalue weighted by molar-refractivity contribution is 1.15. The molecule has 94 valence electrons. The van der Waals surface area contributed by atoms with E-state index in [0.717, 1.165) is 19.8 Å². The van der Waals surface area contributed by atoms with Crippen molar-refractivity contribution < 1.29 is 0 Å². The summed E-state index contributed by atoms with van der Waals surface area (Å²) in [5, 5.41) is 5.21. The summed E-state index contributed by atoms with van der Waals surface area (Å²) in [5.41, 5.74) is 1.99. The van der Waals surface area contributed by atoms with E-state index in [4.69, 9.17) is 34.8 Å². The highest BCUT2D eigenvalue weighted by atomic mass is 127. The number of hydrogen-bond donors (Lipinski definition) is 1. The van der Waals surface area contributed by atoms with Crippen molar-refractivity contribution in [1.82, 2.24) is 0 Å². The zero-order valence-electron chi connectivity index (χ0n) is 9.18. The molecule has 0 bridgehead atoms. The first-order valence-corrected chi connectivity index (χ1v) is 7.41. The quantitative estimate of drug-likeness (QED) is 0.623. The van der Waals surface area contributed by atoms with Crippen LogP contribution in [0, 0.1) is 3.57 Å². The Morgan fingerprint density at radius 3 is 2.56 bits per heavy atom. The zero-order chi connectivity index (χ0) is 13.1. The number of halogens is 4. The number of benzene rings is 2. The smallest absolute Gasteiger partial charge is 0.0642 e. The largest absolute Gasteiger partial charge is 0.380 e. The van der Waals surface area contributed by atoms with Crippen molar-refractivity contribution in [2.75, 3.05) is 5.32 Å². The van der Waals surface area contributed by atoms with E-state index in [2.05, 4.69) is 27.9 Å². The van der Waals surface area contributed by atoms with Crippen LogP contribution in [0.3, 0.4) is 0 Å². The summed E-state index contributed by atoms with van der Waals surface area (Å²) >= 11 is 20.2. The van der Waals surface area contributed by atoms with Gasteiger partial charge < -0.3 is 5.32 Å². The molecule has 0 aliphatic carbocycles. The molecule has 18 heavy (non-hydrogen) atoms. The van der Waals surface area contributed by atoms with E-state index < -0.39 is 0 Å². The summed E-state index contributed by atoms with van der Waals surface area (Å²) in [4.78, 5) is 0. The van der Waals surface area contributed by atoms with Crippen LogP contribution in [0.4, 0.5) is 5.69 Å². The first kappa shape index (κ1) is 14.3. The SMILES string of the molecule is Clc1ccc(NCc2cccc(Cl)c2Cl)c(I)c1. The van der Waals surface area contributed by atoms with Crippen molar-refractivity contribution in [1.29, 1.82) is 0 Å². The average molecular weight is 412 g/mol. The van der Waals surface area contributed by atoms with Crippen LogP contribution < -0.4 is 5.32 Å². The molecule has 0 saturated heterocycles. The minimum atomic E-state index is 0.571. The van der Waals surface area contributed by atoms with Crippen LogP contribution in [0.1, 0.15) is 5.56 Å². The van der Waals surface area contributed by atoms with E-state index in [0.29, 0.717) is 16.6 Å². The Kier molecular flexibility index (Phi) is 5.01. The number of nitrogens with one attached hydrogen (secondary N) is 1. The van der Waals surface area contributed by atoms with Gasteiger partial charge in [-0.05, 0) is 52.4 Å². The van der Waals surface area contributed by atoms with Crippen molar-refractivity contribution in [3.05, 3.63) is 60.6 Å². The monoisotopic (exact) mass is 411 g/mol.